The van der Waals surface area contributed by atoms with Crippen molar-refractivity contribution in [2.75, 3.05) is 40.9 Å². The maximum Gasteiger partial charge on any atom is 0.306 e. The number of likely N-dealkylation sites (N-methyl/N-ethyl adjacent to an activating group) is 1. The molecule has 76 heavy (non-hydrogen) atoms. The molecular formula is C66H123N2O7P. The minimum Gasteiger partial charge on any atom is -0.756 e. The van der Waals surface area contributed by atoms with E-state index >= 15 is 0 Å². The average molecular weight is 1090 g/mol. The van der Waals surface area contributed by atoms with Gasteiger partial charge in [-0.3, -0.25) is 14.2 Å². The summed E-state index contributed by atoms with van der Waals surface area (Å²) in [6, 6.07) is -0.895. The lowest BCUT2D eigenvalue weighted by Crippen LogP contribution is -2.47. The first kappa shape index (κ1) is 73.7. The number of carbonyl (C=O) groups is 2. The number of unbranched alkanes of at least 4 members (excludes halogenated alkanes) is 34. The van der Waals surface area contributed by atoms with E-state index in [1.54, 1.807) is 0 Å². The Morgan fingerprint density at radius 3 is 1.25 bits per heavy atom. The van der Waals surface area contributed by atoms with Crippen LogP contribution < -0.4 is 10.2 Å². The summed E-state index contributed by atoms with van der Waals surface area (Å²) in [5.74, 6) is -0.556. The quantitative estimate of drug-likeness (QED) is 0.0212. The zero-order chi connectivity index (χ0) is 55.7. The van der Waals surface area contributed by atoms with Gasteiger partial charge in [0.1, 0.15) is 19.3 Å². The Bertz CT molecular complexity index is 1490. The molecule has 0 bridgehead atoms. The zero-order valence-electron chi connectivity index (χ0n) is 50.7. The molecule has 0 heterocycles. The maximum absolute atomic E-state index is 13.5. The summed E-state index contributed by atoms with van der Waals surface area (Å²) in [5.41, 5.74) is 0. The topological polar surface area (TPSA) is 114 Å². The van der Waals surface area contributed by atoms with Crippen LogP contribution in [0.3, 0.4) is 0 Å². The molecule has 0 aromatic rings. The lowest BCUT2D eigenvalue weighted by molar-refractivity contribution is -0.870. The number of esters is 1. The SMILES string of the molecule is CCCCC/C=C\C/C=C\C/C=C\CCCCCCCCCCCCCCC(=O)NC(COP(=O)([O-])OCC[N+](C)(C)C)C(/C=C\CCCCCCCCCCCC)OC(=O)CCCCC/C=C\CCCCCCCC. The van der Waals surface area contributed by atoms with E-state index in [-0.39, 0.29) is 24.9 Å². The van der Waals surface area contributed by atoms with Crippen LogP contribution in [0.25, 0.3) is 0 Å². The number of ether oxygens (including phenoxy) is 1. The molecule has 0 aromatic carbocycles. The van der Waals surface area contributed by atoms with Crippen LogP contribution in [0.15, 0.2) is 60.8 Å². The standard InChI is InChI=1S/C66H123N2O7P/c1-7-10-13-16-19-22-25-28-29-30-31-32-33-34-35-36-37-38-39-41-43-46-49-52-55-58-65(69)67-63(62-74-76(71,72)73-61-60-68(4,5)6)64(57-54-51-48-45-42-27-24-21-18-15-12-9-3)75-66(70)59-56-53-50-47-44-40-26-23-20-17-14-11-8-2/h19,22,28-29,31-32,40,44,54,57,63-64H,7-18,20-21,23-27,30,33-39,41-43,45-53,55-56,58-62H2,1-6H3,(H-,67,69,71,72)/b22-19-,29-28-,32-31-,44-40-,57-54-. The molecule has 10 heteroatoms. The fourth-order valence-corrected chi connectivity index (χ4v) is 9.89. The largest absolute Gasteiger partial charge is 0.756 e. The summed E-state index contributed by atoms with van der Waals surface area (Å²) < 4.78 is 30.3. The summed E-state index contributed by atoms with van der Waals surface area (Å²) in [6.45, 7) is 6.81. The molecule has 1 N–H and O–H groups in total. The van der Waals surface area contributed by atoms with Crippen molar-refractivity contribution in [2.45, 2.75) is 309 Å². The molecule has 0 aromatic heterocycles. The molecule has 9 nitrogen and oxygen atoms in total. The average Bonchev–Trinajstić information content (AvgIpc) is 3.38. The van der Waals surface area contributed by atoms with Gasteiger partial charge in [-0.2, -0.15) is 0 Å². The van der Waals surface area contributed by atoms with E-state index in [0.29, 0.717) is 23.9 Å². The lowest BCUT2D eigenvalue weighted by Gasteiger charge is -2.30. The number of quaternary nitrogens is 1. The van der Waals surface area contributed by atoms with E-state index < -0.39 is 26.6 Å². The molecule has 0 rings (SSSR count). The van der Waals surface area contributed by atoms with E-state index in [9.17, 15) is 19.0 Å². The molecule has 0 saturated heterocycles. The second-order valence-corrected chi connectivity index (χ2v) is 24.3. The molecule has 0 saturated carbocycles. The number of hydrogen-bond acceptors (Lipinski definition) is 7. The zero-order valence-corrected chi connectivity index (χ0v) is 51.6. The molecule has 0 aliphatic rings. The van der Waals surface area contributed by atoms with Gasteiger partial charge in [0.15, 0.2) is 0 Å². The van der Waals surface area contributed by atoms with Gasteiger partial charge in [0.2, 0.25) is 5.91 Å². The molecule has 0 aliphatic heterocycles. The first-order chi connectivity index (χ1) is 36.9. The Kier molecular flexibility index (Phi) is 54.3. The van der Waals surface area contributed by atoms with Crippen LogP contribution >= 0.6 is 7.82 Å². The predicted molar refractivity (Wildman–Crippen MR) is 325 cm³/mol. The minimum atomic E-state index is -4.70. The van der Waals surface area contributed by atoms with Crippen LogP contribution in [0, 0.1) is 0 Å². The Morgan fingerprint density at radius 1 is 0.461 bits per heavy atom. The highest BCUT2D eigenvalue weighted by Gasteiger charge is 2.27. The number of nitrogens with one attached hydrogen (secondary N) is 1. The van der Waals surface area contributed by atoms with E-state index in [4.69, 9.17) is 13.8 Å². The van der Waals surface area contributed by atoms with Crippen molar-refractivity contribution < 1.29 is 37.3 Å². The number of nitrogens with zero attached hydrogens (tertiary/aromatic N) is 1. The maximum atomic E-state index is 13.5. The first-order valence-corrected chi connectivity index (χ1v) is 33.6. The predicted octanol–water partition coefficient (Wildman–Crippen LogP) is 19.2. The van der Waals surface area contributed by atoms with Gasteiger partial charge in [-0.1, -0.05) is 249 Å². The van der Waals surface area contributed by atoms with Crippen molar-refractivity contribution in [2.24, 2.45) is 0 Å². The third-order valence-electron chi connectivity index (χ3n) is 14.2. The van der Waals surface area contributed by atoms with E-state index in [2.05, 4.69) is 74.7 Å². The Labute approximate surface area is 471 Å². The molecule has 3 atom stereocenters. The molecule has 0 aliphatic carbocycles. The molecule has 0 spiro atoms. The van der Waals surface area contributed by atoms with Crippen LogP contribution in [0.1, 0.15) is 297 Å². The molecular weight excluding hydrogens is 964 g/mol. The van der Waals surface area contributed by atoms with Crippen molar-refractivity contribution in [1.82, 2.24) is 5.32 Å². The summed E-state index contributed by atoms with van der Waals surface area (Å²) in [4.78, 5) is 40.0. The van der Waals surface area contributed by atoms with Gasteiger partial charge in [-0.25, -0.2) is 0 Å². The van der Waals surface area contributed by atoms with E-state index in [0.717, 1.165) is 77.0 Å². The number of amides is 1. The minimum absolute atomic E-state index is 0.0252. The number of hydrogen-bond donors (Lipinski definition) is 1. The molecule has 444 valence electrons. The molecule has 0 fully saturated rings. The number of rotatable bonds is 58. The van der Waals surface area contributed by atoms with Crippen LogP contribution in [0.4, 0.5) is 0 Å². The molecule has 0 radical (unpaired) electrons. The summed E-state index contributed by atoms with van der Waals surface area (Å²) in [6.07, 6.45) is 70.5. The number of phosphoric acid groups is 1. The second-order valence-electron chi connectivity index (χ2n) is 22.9. The van der Waals surface area contributed by atoms with Crippen molar-refractivity contribution in [3.05, 3.63) is 60.8 Å². The van der Waals surface area contributed by atoms with Crippen molar-refractivity contribution >= 4 is 19.7 Å². The van der Waals surface area contributed by atoms with Gasteiger partial charge in [0.25, 0.3) is 7.82 Å². The molecule has 3 unspecified atom stereocenters. The highest BCUT2D eigenvalue weighted by molar-refractivity contribution is 7.45. The van der Waals surface area contributed by atoms with Crippen molar-refractivity contribution in [3.63, 3.8) is 0 Å². The highest BCUT2D eigenvalue weighted by atomic mass is 31.2. The van der Waals surface area contributed by atoms with Gasteiger partial charge >= 0.3 is 5.97 Å². The van der Waals surface area contributed by atoms with Crippen molar-refractivity contribution in [3.8, 4) is 0 Å². The van der Waals surface area contributed by atoms with Crippen LogP contribution in [0.2, 0.25) is 0 Å². The third-order valence-corrected chi connectivity index (χ3v) is 15.1. The summed E-state index contributed by atoms with van der Waals surface area (Å²) in [7, 11) is 1.18. The van der Waals surface area contributed by atoms with Crippen LogP contribution in [0.5, 0.6) is 0 Å². The van der Waals surface area contributed by atoms with E-state index in [1.807, 2.05) is 33.3 Å². The normalized spacial score (nSPS) is 14.0. The summed E-state index contributed by atoms with van der Waals surface area (Å²) in [5, 5.41) is 3.03. The summed E-state index contributed by atoms with van der Waals surface area (Å²) >= 11 is 0. The van der Waals surface area contributed by atoms with Crippen LogP contribution in [-0.2, 0) is 27.9 Å². The third kappa shape index (κ3) is 56.4. The number of allylic oxidation sites excluding steroid dienone is 9. The van der Waals surface area contributed by atoms with Gasteiger partial charge in [-0.05, 0) is 96.0 Å². The van der Waals surface area contributed by atoms with Gasteiger partial charge in [0.05, 0.1) is 33.8 Å². The number of phosphoric ester groups is 1. The second kappa shape index (κ2) is 56.0. The van der Waals surface area contributed by atoms with Gasteiger partial charge in [0, 0.05) is 12.8 Å². The lowest BCUT2D eigenvalue weighted by atomic mass is 10.0. The highest BCUT2D eigenvalue weighted by Crippen LogP contribution is 2.38. The molecule has 1 amide bonds. The van der Waals surface area contributed by atoms with E-state index in [1.165, 1.54) is 180 Å². The Hall–Kier alpha value is -2.29. The van der Waals surface area contributed by atoms with Gasteiger partial charge in [-0.15, -0.1) is 0 Å². The number of carbonyl (C=O) groups excluding carboxylic acids is 2. The fourth-order valence-electron chi connectivity index (χ4n) is 9.17. The first-order valence-electron chi connectivity index (χ1n) is 32.1. The van der Waals surface area contributed by atoms with Crippen molar-refractivity contribution in [1.29, 1.82) is 0 Å². The fraction of sp³-hybridized carbons (Fsp3) is 0.818. The van der Waals surface area contributed by atoms with Gasteiger partial charge < -0.3 is 28.5 Å². The monoisotopic (exact) mass is 1090 g/mol. The smallest absolute Gasteiger partial charge is 0.306 e. The Balaban J connectivity index is 5.11. The van der Waals surface area contributed by atoms with Crippen LogP contribution in [-0.4, -0.2) is 69.4 Å². The Morgan fingerprint density at radius 2 is 0.803 bits per heavy atom.